The normalized spacial score (nSPS) is 13.6. The average Bonchev–Trinajstić information content (AvgIpc) is 2.34. The van der Waals surface area contributed by atoms with Gasteiger partial charge in [0, 0.05) is 6.04 Å². The minimum absolute atomic E-state index is 0.227. The number of rotatable bonds is 6. The van der Waals surface area contributed by atoms with Gasteiger partial charge in [-0.2, -0.15) is 0 Å². The fourth-order valence-corrected chi connectivity index (χ4v) is 2.47. The number of hydrogen-bond donors (Lipinski definition) is 2. The molecule has 0 radical (unpaired) electrons. The largest absolute Gasteiger partial charge is 0.320 e. The molecule has 0 aliphatic heterocycles. The summed E-state index contributed by atoms with van der Waals surface area (Å²) in [6.45, 7) is 10.1. The number of hydrogen-bond acceptors (Lipinski definition) is 2. The molecular weight excluding hydrogens is 232 g/mol. The van der Waals surface area contributed by atoms with Gasteiger partial charge in [-0.25, -0.2) is 0 Å². The fourth-order valence-electron chi connectivity index (χ4n) is 2.47. The SMILES string of the molecule is CNCCCC(NC)c1ccc(C(C)(C)C)cc1C. The minimum atomic E-state index is 0.227. The van der Waals surface area contributed by atoms with E-state index in [1.54, 1.807) is 0 Å². The van der Waals surface area contributed by atoms with Crippen molar-refractivity contribution in [2.24, 2.45) is 0 Å². The Balaban J connectivity index is 2.87. The van der Waals surface area contributed by atoms with Crippen LogP contribution < -0.4 is 10.6 Å². The molecule has 2 N–H and O–H groups in total. The molecule has 2 heteroatoms. The van der Waals surface area contributed by atoms with Crippen molar-refractivity contribution in [1.29, 1.82) is 0 Å². The molecule has 0 saturated carbocycles. The van der Waals surface area contributed by atoms with Gasteiger partial charge in [0.15, 0.2) is 0 Å². The molecule has 2 nitrogen and oxygen atoms in total. The third-order valence-electron chi connectivity index (χ3n) is 3.78. The first-order valence-electron chi connectivity index (χ1n) is 7.33. The maximum atomic E-state index is 3.45. The predicted octanol–water partition coefficient (Wildman–Crippen LogP) is 3.55. The average molecular weight is 262 g/mol. The summed E-state index contributed by atoms with van der Waals surface area (Å²) in [5.74, 6) is 0. The van der Waals surface area contributed by atoms with Gasteiger partial charge in [-0.15, -0.1) is 0 Å². The molecule has 0 aliphatic carbocycles. The van der Waals surface area contributed by atoms with Gasteiger partial charge >= 0.3 is 0 Å². The molecule has 1 atom stereocenters. The van der Waals surface area contributed by atoms with Gasteiger partial charge < -0.3 is 10.6 Å². The van der Waals surface area contributed by atoms with E-state index in [1.807, 2.05) is 7.05 Å². The van der Waals surface area contributed by atoms with Crippen LogP contribution in [0.25, 0.3) is 0 Å². The van der Waals surface area contributed by atoms with E-state index in [1.165, 1.54) is 29.5 Å². The smallest absolute Gasteiger partial charge is 0.0320 e. The zero-order valence-electron chi connectivity index (χ0n) is 13.4. The van der Waals surface area contributed by atoms with Crippen molar-refractivity contribution in [3.05, 3.63) is 34.9 Å². The molecule has 0 aromatic heterocycles. The minimum Gasteiger partial charge on any atom is -0.320 e. The Hall–Kier alpha value is -0.860. The van der Waals surface area contributed by atoms with E-state index in [0.717, 1.165) is 6.54 Å². The highest BCUT2D eigenvalue weighted by Gasteiger charge is 2.17. The third-order valence-corrected chi connectivity index (χ3v) is 3.78. The lowest BCUT2D eigenvalue weighted by molar-refractivity contribution is 0.515. The first-order chi connectivity index (χ1) is 8.90. The second kappa shape index (κ2) is 7.06. The molecule has 0 saturated heterocycles. The number of aryl methyl sites for hydroxylation is 1. The van der Waals surface area contributed by atoms with Gasteiger partial charge in [0.05, 0.1) is 0 Å². The lowest BCUT2D eigenvalue weighted by Crippen LogP contribution is -2.20. The van der Waals surface area contributed by atoms with Crippen molar-refractivity contribution >= 4 is 0 Å². The Morgan fingerprint density at radius 3 is 2.32 bits per heavy atom. The quantitative estimate of drug-likeness (QED) is 0.766. The van der Waals surface area contributed by atoms with E-state index in [0.29, 0.717) is 6.04 Å². The molecule has 1 rings (SSSR count). The van der Waals surface area contributed by atoms with Crippen LogP contribution in [0.3, 0.4) is 0 Å². The summed E-state index contributed by atoms with van der Waals surface area (Å²) in [7, 11) is 4.07. The fraction of sp³-hybridized carbons (Fsp3) is 0.647. The molecule has 19 heavy (non-hydrogen) atoms. The second-order valence-electron chi connectivity index (χ2n) is 6.41. The molecule has 1 unspecified atom stereocenters. The molecule has 1 aromatic rings. The molecule has 0 aliphatic rings. The van der Waals surface area contributed by atoms with Crippen molar-refractivity contribution < 1.29 is 0 Å². The van der Waals surface area contributed by atoms with Crippen LogP contribution in [0, 0.1) is 6.92 Å². The lowest BCUT2D eigenvalue weighted by Gasteiger charge is -2.23. The van der Waals surface area contributed by atoms with Crippen LogP contribution in [-0.2, 0) is 5.41 Å². The summed E-state index contributed by atoms with van der Waals surface area (Å²) < 4.78 is 0. The van der Waals surface area contributed by atoms with Gasteiger partial charge in [-0.1, -0.05) is 39.0 Å². The summed E-state index contributed by atoms with van der Waals surface area (Å²) in [6, 6.07) is 7.39. The van der Waals surface area contributed by atoms with Crippen molar-refractivity contribution in [2.75, 3.05) is 20.6 Å². The molecule has 1 aromatic carbocycles. The van der Waals surface area contributed by atoms with Gasteiger partial charge in [-0.05, 0) is 62.5 Å². The van der Waals surface area contributed by atoms with Gasteiger partial charge in [-0.3, -0.25) is 0 Å². The summed E-state index contributed by atoms with van der Waals surface area (Å²) in [6.07, 6.45) is 2.37. The van der Waals surface area contributed by atoms with Crippen LogP contribution >= 0.6 is 0 Å². The number of benzene rings is 1. The monoisotopic (exact) mass is 262 g/mol. The van der Waals surface area contributed by atoms with Crippen molar-refractivity contribution in [3.63, 3.8) is 0 Å². The summed E-state index contributed by atoms with van der Waals surface area (Å²) in [5.41, 5.74) is 4.48. The summed E-state index contributed by atoms with van der Waals surface area (Å²) >= 11 is 0. The zero-order valence-corrected chi connectivity index (χ0v) is 13.4. The maximum absolute atomic E-state index is 3.45. The van der Waals surface area contributed by atoms with Crippen LogP contribution in [0.1, 0.15) is 56.3 Å². The molecular formula is C17H30N2. The highest BCUT2D eigenvalue weighted by atomic mass is 14.9. The van der Waals surface area contributed by atoms with E-state index in [2.05, 4.69) is 63.6 Å². The standard InChI is InChI=1S/C17H30N2/c1-13-12-14(17(2,3)4)9-10-15(13)16(19-6)8-7-11-18-5/h9-10,12,16,18-19H,7-8,11H2,1-6H3. The number of nitrogens with one attached hydrogen (secondary N) is 2. The third kappa shape index (κ3) is 4.63. The van der Waals surface area contributed by atoms with Crippen molar-refractivity contribution in [2.45, 2.75) is 52.0 Å². The molecule has 0 bridgehead atoms. The van der Waals surface area contributed by atoms with Crippen LogP contribution in [-0.4, -0.2) is 20.6 Å². The van der Waals surface area contributed by atoms with Crippen LogP contribution in [0.5, 0.6) is 0 Å². The van der Waals surface area contributed by atoms with E-state index < -0.39 is 0 Å². The summed E-state index contributed by atoms with van der Waals surface area (Å²) in [4.78, 5) is 0. The molecule has 0 heterocycles. The Kier molecular flexibility index (Phi) is 6.02. The first-order valence-corrected chi connectivity index (χ1v) is 7.33. The Morgan fingerprint density at radius 1 is 1.16 bits per heavy atom. The van der Waals surface area contributed by atoms with Crippen LogP contribution in [0.4, 0.5) is 0 Å². The Bertz CT molecular complexity index is 391. The first kappa shape index (κ1) is 16.2. The highest BCUT2D eigenvalue weighted by Crippen LogP contribution is 2.28. The van der Waals surface area contributed by atoms with Gasteiger partial charge in [0.2, 0.25) is 0 Å². The second-order valence-corrected chi connectivity index (χ2v) is 6.41. The summed E-state index contributed by atoms with van der Waals surface area (Å²) in [5, 5.41) is 6.66. The van der Waals surface area contributed by atoms with E-state index >= 15 is 0 Å². The van der Waals surface area contributed by atoms with Gasteiger partial charge in [0.1, 0.15) is 0 Å². The maximum Gasteiger partial charge on any atom is 0.0320 e. The molecule has 0 spiro atoms. The molecule has 108 valence electrons. The van der Waals surface area contributed by atoms with Crippen molar-refractivity contribution in [1.82, 2.24) is 10.6 Å². The van der Waals surface area contributed by atoms with Crippen LogP contribution in [0.2, 0.25) is 0 Å². The van der Waals surface area contributed by atoms with E-state index in [4.69, 9.17) is 0 Å². The topological polar surface area (TPSA) is 24.1 Å². The zero-order chi connectivity index (χ0) is 14.5. The Morgan fingerprint density at radius 2 is 1.84 bits per heavy atom. The van der Waals surface area contributed by atoms with Gasteiger partial charge in [0.25, 0.3) is 0 Å². The molecule has 0 fully saturated rings. The Labute approximate surface area is 119 Å². The van der Waals surface area contributed by atoms with Crippen molar-refractivity contribution in [3.8, 4) is 0 Å². The predicted molar refractivity (Wildman–Crippen MR) is 84.8 cm³/mol. The van der Waals surface area contributed by atoms with E-state index in [-0.39, 0.29) is 5.41 Å². The van der Waals surface area contributed by atoms with E-state index in [9.17, 15) is 0 Å². The van der Waals surface area contributed by atoms with Crippen LogP contribution in [0.15, 0.2) is 18.2 Å². The lowest BCUT2D eigenvalue weighted by atomic mass is 9.84. The molecule has 0 amide bonds. The highest BCUT2D eigenvalue weighted by molar-refractivity contribution is 5.36.